The van der Waals surface area contributed by atoms with E-state index in [1.165, 1.54) is 17.4 Å². The summed E-state index contributed by atoms with van der Waals surface area (Å²) < 4.78 is 5.56. The lowest BCUT2D eigenvalue weighted by Crippen LogP contribution is -2.30. The van der Waals surface area contributed by atoms with Gasteiger partial charge in [-0.05, 0) is 44.0 Å². The third-order valence-corrected chi connectivity index (χ3v) is 4.52. The van der Waals surface area contributed by atoms with Gasteiger partial charge in [-0.15, -0.1) is 0 Å². The third kappa shape index (κ3) is 5.50. The van der Waals surface area contributed by atoms with Crippen LogP contribution in [0.2, 0.25) is 0 Å². The monoisotopic (exact) mass is 378 g/mol. The number of nitrogens with one attached hydrogen (secondary N) is 1. The molecular weight excluding hydrogens is 352 g/mol. The molecule has 28 heavy (non-hydrogen) atoms. The minimum Gasteiger partial charge on any atom is -0.447 e. The summed E-state index contributed by atoms with van der Waals surface area (Å²) in [6.07, 6.45) is 4.82. The smallest absolute Gasteiger partial charge is 0.273 e. The Morgan fingerprint density at radius 2 is 1.93 bits per heavy atom. The number of aryl methyl sites for hydroxylation is 1. The highest BCUT2D eigenvalue weighted by molar-refractivity contribution is 5.91. The first-order chi connectivity index (χ1) is 13.5. The first-order valence-electron chi connectivity index (χ1n) is 9.42. The Hall–Kier alpha value is -2.99. The van der Waals surface area contributed by atoms with Gasteiger partial charge in [-0.25, -0.2) is 4.98 Å². The molecule has 1 N–H and O–H groups in total. The van der Waals surface area contributed by atoms with E-state index in [0.29, 0.717) is 30.7 Å². The summed E-state index contributed by atoms with van der Waals surface area (Å²) >= 11 is 0. The quantitative estimate of drug-likeness (QED) is 0.647. The summed E-state index contributed by atoms with van der Waals surface area (Å²) in [4.78, 5) is 22.9. The van der Waals surface area contributed by atoms with Crippen LogP contribution in [0.25, 0.3) is 0 Å². The van der Waals surface area contributed by atoms with Gasteiger partial charge in [0.2, 0.25) is 5.89 Å². The minimum atomic E-state index is -0.249. The zero-order valence-corrected chi connectivity index (χ0v) is 16.6. The van der Waals surface area contributed by atoms with Gasteiger partial charge in [0, 0.05) is 31.5 Å². The van der Waals surface area contributed by atoms with Crippen molar-refractivity contribution in [1.29, 1.82) is 0 Å². The molecule has 0 fully saturated rings. The van der Waals surface area contributed by atoms with Crippen molar-refractivity contribution >= 4 is 5.91 Å². The second-order valence-corrected chi connectivity index (χ2v) is 7.15. The molecule has 0 aliphatic rings. The largest absolute Gasteiger partial charge is 0.447 e. The summed E-state index contributed by atoms with van der Waals surface area (Å²) in [6, 6.07) is 12.5. The molecule has 0 aliphatic carbocycles. The Kier molecular flexibility index (Phi) is 6.55. The number of oxazole rings is 1. The Labute approximate surface area is 165 Å². The average molecular weight is 378 g/mol. The number of carbonyl (C=O) groups is 1. The van der Waals surface area contributed by atoms with E-state index >= 15 is 0 Å². The van der Waals surface area contributed by atoms with Gasteiger partial charge < -0.3 is 9.73 Å². The number of pyridine rings is 1. The van der Waals surface area contributed by atoms with Crippen molar-refractivity contribution < 1.29 is 9.21 Å². The number of nitrogens with zero attached hydrogens (tertiary/aromatic N) is 3. The molecule has 3 aromatic rings. The van der Waals surface area contributed by atoms with Crippen LogP contribution in [-0.2, 0) is 19.6 Å². The van der Waals surface area contributed by atoms with Crippen molar-refractivity contribution in [3.8, 4) is 0 Å². The van der Waals surface area contributed by atoms with Crippen LogP contribution in [-0.4, -0.2) is 26.8 Å². The van der Waals surface area contributed by atoms with Gasteiger partial charge >= 0.3 is 0 Å². The molecule has 0 spiro atoms. The maximum absolute atomic E-state index is 12.3. The second kappa shape index (κ2) is 9.28. The zero-order chi connectivity index (χ0) is 19.9. The molecule has 6 heteroatoms. The van der Waals surface area contributed by atoms with Crippen LogP contribution in [0.1, 0.15) is 46.9 Å². The van der Waals surface area contributed by atoms with Crippen molar-refractivity contribution in [3.05, 3.63) is 83.3 Å². The molecule has 6 nitrogen and oxygen atoms in total. The van der Waals surface area contributed by atoms with E-state index in [9.17, 15) is 4.79 Å². The van der Waals surface area contributed by atoms with E-state index in [-0.39, 0.29) is 5.91 Å². The van der Waals surface area contributed by atoms with Gasteiger partial charge in [0.15, 0.2) is 5.69 Å². The summed E-state index contributed by atoms with van der Waals surface area (Å²) in [5, 5.41) is 2.85. The molecular formula is C22H26N4O2. The Morgan fingerprint density at radius 3 is 2.64 bits per heavy atom. The van der Waals surface area contributed by atoms with Crippen LogP contribution < -0.4 is 5.32 Å². The van der Waals surface area contributed by atoms with E-state index < -0.39 is 0 Å². The Morgan fingerprint density at radius 1 is 1.14 bits per heavy atom. The highest BCUT2D eigenvalue weighted by Crippen LogP contribution is 2.14. The second-order valence-electron chi connectivity index (χ2n) is 7.15. The number of rotatable bonds is 8. The molecule has 0 radical (unpaired) electrons. The normalized spacial score (nSPS) is 11.2. The van der Waals surface area contributed by atoms with Crippen LogP contribution in [0.5, 0.6) is 0 Å². The fraction of sp³-hybridized carbons (Fsp3) is 0.318. The standard InChI is InChI=1S/C22H26N4O2/c1-16(2)26(13-19-6-4-5-17(3)11-19)14-21-25-20(15-28-21)22(27)24-12-18-7-9-23-10-8-18/h4-11,15-16H,12-14H2,1-3H3,(H,24,27). The van der Waals surface area contributed by atoms with Crippen molar-refractivity contribution in [3.63, 3.8) is 0 Å². The van der Waals surface area contributed by atoms with Gasteiger partial charge in [-0.3, -0.25) is 14.7 Å². The van der Waals surface area contributed by atoms with Gasteiger partial charge in [0.1, 0.15) is 6.26 Å². The van der Waals surface area contributed by atoms with Crippen LogP contribution in [0, 0.1) is 6.92 Å². The van der Waals surface area contributed by atoms with Crippen LogP contribution in [0.3, 0.4) is 0 Å². The number of hydrogen-bond donors (Lipinski definition) is 1. The molecule has 1 aromatic carbocycles. The van der Waals surface area contributed by atoms with Crippen molar-refractivity contribution in [2.45, 2.75) is 46.4 Å². The molecule has 0 atom stereocenters. The minimum absolute atomic E-state index is 0.249. The molecule has 1 amide bonds. The van der Waals surface area contributed by atoms with E-state index in [1.54, 1.807) is 12.4 Å². The van der Waals surface area contributed by atoms with Crippen LogP contribution in [0.15, 0.2) is 59.5 Å². The number of aromatic nitrogens is 2. The first kappa shape index (κ1) is 19.8. The van der Waals surface area contributed by atoms with Crippen LogP contribution in [0.4, 0.5) is 0 Å². The summed E-state index contributed by atoms with van der Waals surface area (Å²) in [5.41, 5.74) is 3.76. The fourth-order valence-electron chi connectivity index (χ4n) is 2.90. The topological polar surface area (TPSA) is 71.3 Å². The highest BCUT2D eigenvalue weighted by Gasteiger charge is 2.17. The van der Waals surface area contributed by atoms with E-state index in [1.807, 2.05) is 12.1 Å². The molecule has 146 valence electrons. The van der Waals surface area contributed by atoms with Gasteiger partial charge in [0.25, 0.3) is 5.91 Å². The molecule has 0 unspecified atom stereocenters. The maximum atomic E-state index is 12.3. The fourth-order valence-corrected chi connectivity index (χ4v) is 2.90. The molecule has 0 saturated heterocycles. The zero-order valence-electron chi connectivity index (χ0n) is 16.6. The SMILES string of the molecule is Cc1cccc(CN(Cc2nc(C(=O)NCc3ccncc3)co2)C(C)C)c1. The maximum Gasteiger partial charge on any atom is 0.273 e. The molecule has 3 rings (SSSR count). The summed E-state index contributed by atoms with van der Waals surface area (Å²) in [6.45, 7) is 8.14. The summed E-state index contributed by atoms with van der Waals surface area (Å²) in [5.74, 6) is 0.289. The van der Waals surface area contributed by atoms with Gasteiger partial charge in [-0.2, -0.15) is 0 Å². The number of carbonyl (C=O) groups excluding carboxylic acids is 1. The Balaban J connectivity index is 1.60. The lowest BCUT2D eigenvalue weighted by atomic mass is 10.1. The molecule has 2 aromatic heterocycles. The van der Waals surface area contributed by atoms with Crippen molar-refractivity contribution in [2.75, 3.05) is 0 Å². The lowest BCUT2D eigenvalue weighted by molar-refractivity contribution is 0.0945. The van der Waals surface area contributed by atoms with Gasteiger partial charge in [-0.1, -0.05) is 29.8 Å². The predicted molar refractivity (Wildman–Crippen MR) is 107 cm³/mol. The number of benzene rings is 1. The van der Waals surface area contributed by atoms with Crippen LogP contribution >= 0.6 is 0 Å². The highest BCUT2D eigenvalue weighted by atomic mass is 16.3. The number of hydrogen-bond acceptors (Lipinski definition) is 5. The average Bonchev–Trinajstić information content (AvgIpc) is 3.15. The molecule has 2 heterocycles. The predicted octanol–water partition coefficient (Wildman–Crippen LogP) is 3.72. The van der Waals surface area contributed by atoms with E-state index in [4.69, 9.17) is 4.42 Å². The first-order valence-corrected chi connectivity index (χ1v) is 9.42. The van der Waals surface area contributed by atoms with Gasteiger partial charge in [0.05, 0.1) is 6.54 Å². The molecule has 0 bridgehead atoms. The van der Waals surface area contributed by atoms with E-state index in [2.05, 4.69) is 65.2 Å². The molecule has 0 aliphatic heterocycles. The lowest BCUT2D eigenvalue weighted by Gasteiger charge is -2.25. The van der Waals surface area contributed by atoms with Crippen molar-refractivity contribution in [2.24, 2.45) is 0 Å². The Bertz CT molecular complexity index is 906. The van der Waals surface area contributed by atoms with Crippen molar-refractivity contribution in [1.82, 2.24) is 20.2 Å². The number of amides is 1. The third-order valence-electron chi connectivity index (χ3n) is 4.52. The summed E-state index contributed by atoms with van der Waals surface area (Å²) in [7, 11) is 0. The van der Waals surface area contributed by atoms with E-state index in [0.717, 1.165) is 12.1 Å². The molecule has 0 saturated carbocycles.